The number of fused-ring (bicyclic) bond motifs is 1. The van der Waals surface area contributed by atoms with E-state index in [2.05, 4.69) is 19.7 Å². The Hall–Kier alpha value is -2.15. The summed E-state index contributed by atoms with van der Waals surface area (Å²) in [6.45, 7) is 4.03. The number of aryl methyl sites for hydroxylation is 2. The van der Waals surface area contributed by atoms with Crippen molar-refractivity contribution in [2.45, 2.75) is 62.9 Å². The van der Waals surface area contributed by atoms with Crippen LogP contribution in [0.3, 0.4) is 0 Å². The van der Waals surface area contributed by atoms with E-state index in [9.17, 15) is 4.79 Å². The molecule has 0 amide bonds. The molecule has 26 heavy (non-hydrogen) atoms. The molecule has 3 heterocycles. The average molecular weight is 369 g/mol. The van der Waals surface area contributed by atoms with Crippen molar-refractivity contribution in [3.05, 3.63) is 51.8 Å². The van der Waals surface area contributed by atoms with E-state index in [-0.39, 0.29) is 5.56 Å². The van der Waals surface area contributed by atoms with Crippen molar-refractivity contribution in [1.82, 2.24) is 24.1 Å². The van der Waals surface area contributed by atoms with Crippen molar-refractivity contribution >= 4 is 17.4 Å². The van der Waals surface area contributed by atoms with Crippen LogP contribution < -0.4 is 5.56 Å². The van der Waals surface area contributed by atoms with Crippen molar-refractivity contribution in [3.8, 4) is 0 Å². The van der Waals surface area contributed by atoms with Crippen LogP contribution >= 0.6 is 11.8 Å². The molecule has 0 radical (unpaired) electrons. The van der Waals surface area contributed by atoms with Crippen LogP contribution in [-0.4, -0.2) is 24.1 Å². The molecule has 0 aromatic carbocycles. The van der Waals surface area contributed by atoms with E-state index in [1.165, 1.54) is 32.1 Å². The Morgan fingerprint density at radius 3 is 2.77 bits per heavy atom. The molecular weight excluding hydrogens is 346 g/mol. The second-order valence-electron chi connectivity index (χ2n) is 7.00. The minimum Gasteiger partial charge on any atom is -0.303 e. The Bertz CT molecular complexity index is 987. The van der Waals surface area contributed by atoms with E-state index < -0.39 is 0 Å². The zero-order chi connectivity index (χ0) is 18.1. The minimum absolute atomic E-state index is 0.0458. The smallest absolute Gasteiger partial charge is 0.258 e. The van der Waals surface area contributed by atoms with Gasteiger partial charge in [-0.1, -0.05) is 31.0 Å². The molecule has 0 N–H and O–H groups in total. The summed E-state index contributed by atoms with van der Waals surface area (Å²) in [5, 5.41) is 9.59. The first-order valence-corrected chi connectivity index (χ1v) is 10.1. The molecule has 0 spiro atoms. The van der Waals surface area contributed by atoms with E-state index in [0.29, 0.717) is 17.4 Å². The third kappa shape index (κ3) is 3.40. The van der Waals surface area contributed by atoms with Crippen LogP contribution in [0.1, 0.15) is 55.2 Å². The van der Waals surface area contributed by atoms with E-state index in [0.717, 1.165) is 22.2 Å². The lowest BCUT2D eigenvalue weighted by molar-refractivity contribution is 0.332. The van der Waals surface area contributed by atoms with Gasteiger partial charge in [-0.3, -0.25) is 9.20 Å². The molecule has 0 bridgehead atoms. The summed E-state index contributed by atoms with van der Waals surface area (Å²) in [6, 6.07) is 5.97. The van der Waals surface area contributed by atoms with Gasteiger partial charge >= 0.3 is 0 Å². The summed E-state index contributed by atoms with van der Waals surface area (Å²) in [7, 11) is 0. The summed E-state index contributed by atoms with van der Waals surface area (Å²) in [6.07, 6.45) is 8.04. The topological polar surface area (TPSA) is 65.1 Å². The maximum absolute atomic E-state index is 12.3. The van der Waals surface area contributed by atoms with Crippen LogP contribution in [0.25, 0.3) is 5.65 Å². The van der Waals surface area contributed by atoms with Gasteiger partial charge in [0.05, 0.1) is 5.69 Å². The van der Waals surface area contributed by atoms with E-state index in [4.69, 9.17) is 0 Å². The zero-order valence-corrected chi connectivity index (χ0v) is 16.0. The fourth-order valence-corrected chi connectivity index (χ4v) is 4.62. The van der Waals surface area contributed by atoms with Gasteiger partial charge in [0.1, 0.15) is 11.5 Å². The normalized spacial score (nSPS) is 15.6. The molecule has 3 aromatic rings. The molecule has 1 aliphatic rings. The monoisotopic (exact) mass is 369 g/mol. The third-order valence-electron chi connectivity index (χ3n) is 5.00. The first-order chi connectivity index (χ1) is 12.6. The standard InChI is InChI=1S/C19H23N5OS/c1-13-8-9-23-17(10-13)20-15(11-18(23)25)12-26-19-22-21-14(2)24(19)16-6-4-3-5-7-16/h8-11,16H,3-7,12H2,1-2H3. The van der Waals surface area contributed by atoms with Gasteiger partial charge in [-0.2, -0.15) is 0 Å². The lowest BCUT2D eigenvalue weighted by Crippen LogP contribution is -2.16. The van der Waals surface area contributed by atoms with Crippen molar-refractivity contribution in [1.29, 1.82) is 0 Å². The minimum atomic E-state index is -0.0458. The number of thioether (sulfide) groups is 1. The fraction of sp³-hybridized carbons (Fsp3) is 0.474. The lowest BCUT2D eigenvalue weighted by Gasteiger charge is -2.24. The lowest BCUT2D eigenvalue weighted by atomic mass is 9.95. The van der Waals surface area contributed by atoms with Crippen LogP contribution in [-0.2, 0) is 5.75 Å². The number of pyridine rings is 1. The largest absolute Gasteiger partial charge is 0.303 e. The maximum atomic E-state index is 12.3. The predicted molar refractivity (Wildman–Crippen MR) is 103 cm³/mol. The molecule has 4 rings (SSSR count). The van der Waals surface area contributed by atoms with Gasteiger partial charge in [0.15, 0.2) is 5.16 Å². The SMILES string of the molecule is Cc1ccn2c(=O)cc(CSc3nnc(C)n3C3CCCCC3)nc2c1. The summed E-state index contributed by atoms with van der Waals surface area (Å²) in [5.41, 5.74) is 2.52. The summed E-state index contributed by atoms with van der Waals surface area (Å²) in [5.74, 6) is 1.59. The third-order valence-corrected chi connectivity index (χ3v) is 5.98. The number of hydrogen-bond donors (Lipinski definition) is 0. The Kier molecular flexibility index (Phi) is 4.80. The van der Waals surface area contributed by atoms with Crippen LogP contribution in [0.5, 0.6) is 0 Å². The Balaban J connectivity index is 1.58. The molecule has 136 valence electrons. The van der Waals surface area contributed by atoms with Crippen molar-refractivity contribution in [2.75, 3.05) is 0 Å². The zero-order valence-electron chi connectivity index (χ0n) is 15.2. The van der Waals surface area contributed by atoms with Gasteiger partial charge in [0.2, 0.25) is 0 Å². The van der Waals surface area contributed by atoms with Gasteiger partial charge in [-0.15, -0.1) is 10.2 Å². The number of rotatable bonds is 4. The van der Waals surface area contributed by atoms with Crippen LogP contribution in [0.4, 0.5) is 0 Å². The quantitative estimate of drug-likeness (QED) is 0.656. The highest BCUT2D eigenvalue weighted by molar-refractivity contribution is 7.98. The average Bonchev–Trinajstić information content (AvgIpc) is 3.01. The van der Waals surface area contributed by atoms with Crippen molar-refractivity contribution in [3.63, 3.8) is 0 Å². The predicted octanol–water partition coefficient (Wildman–Crippen LogP) is 3.70. The van der Waals surface area contributed by atoms with E-state index in [1.54, 1.807) is 28.4 Å². The second kappa shape index (κ2) is 7.23. The maximum Gasteiger partial charge on any atom is 0.258 e. The fourth-order valence-electron chi connectivity index (χ4n) is 3.67. The molecule has 0 aliphatic heterocycles. The van der Waals surface area contributed by atoms with Crippen molar-refractivity contribution < 1.29 is 0 Å². The number of nitrogens with zero attached hydrogens (tertiary/aromatic N) is 5. The van der Waals surface area contributed by atoms with Gasteiger partial charge in [-0.05, 0) is 44.4 Å². The molecule has 3 aromatic heterocycles. The Labute approximate surface area is 156 Å². The highest BCUT2D eigenvalue weighted by Crippen LogP contribution is 2.33. The van der Waals surface area contributed by atoms with Crippen LogP contribution in [0.15, 0.2) is 34.3 Å². The van der Waals surface area contributed by atoms with Crippen LogP contribution in [0.2, 0.25) is 0 Å². The second-order valence-corrected chi connectivity index (χ2v) is 7.94. The first kappa shape index (κ1) is 17.3. The first-order valence-electron chi connectivity index (χ1n) is 9.15. The van der Waals surface area contributed by atoms with Crippen molar-refractivity contribution in [2.24, 2.45) is 0 Å². The summed E-state index contributed by atoms with van der Waals surface area (Å²) < 4.78 is 3.86. The number of aromatic nitrogens is 5. The van der Waals surface area contributed by atoms with Crippen LogP contribution in [0, 0.1) is 13.8 Å². The summed E-state index contributed by atoms with van der Waals surface area (Å²) >= 11 is 1.61. The van der Waals surface area contributed by atoms with Gasteiger partial charge in [-0.25, -0.2) is 4.98 Å². The molecule has 0 saturated heterocycles. The molecule has 0 atom stereocenters. The van der Waals surface area contributed by atoms with Gasteiger partial charge < -0.3 is 4.57 Å². The molecule has 6 nitrogen and oxygen atoms in total. The molecule has 7 heteroatoms. The Morgan fingerprint density at radius 1 is 1.15 bits per heavy atom. The van der Waals surface area contributed by atoms with Gasteiger partial charge in [0.25, 0.3) is 5.56 Å². The highest BCUT2D eigenvalue weighted by atomic mass is 32.2. The summed E-state index contributed by atoms with van der Waals surface area (Å²) in [4.78, 5) is 17.0. The molecule has 1 saturated carbocycles. The van der Waals surface area contributed by atoms with Gasteiger partial charge in [0, 0.05) is 24.1 Å². The molecule has 1 fully saturated rings. The van der Waals surface area contributed by atoms with E-state index >= 15 is 0 Å². The molecule has 1 aliphatic carbocycles. The number of hydrogen-bond acceptors (Lipinski definition) is 5. The Morgan fingerprint density at radius 2 is 1.96 bits per heavy atom. The van der Waals surface area contributed by atoms with E-state index in [1.807, 2.05) is 26.0 Å². The molecule has 0 unspecified atom stereocenters. The highest BCUT2D eigenvalue weighted by Gasteiger charge is 2.21. The molecular formula is C19H23N5OS.